The molecule has 0 aliphatic carbocycles. The van der Waals surface area contributed by atoms with Crippen LogP contribution >= 0.6 is 0 Å². The Bertz CT molecular complexity index is 680. The van der Waals surface area contributed by atoms with Crippen LogP contribution in [0, 0.1) is 5.82 Å². The summed E-state index contributed by atoms with van der Waals surface area (Å²) in [5.74, 6) is -1.69. The fourth-order valence-corrected chi connectivity index (χ4v) is 2.09. The Hall–Kier alpha value is -2.70. The predicted octanol–water partition coefficient (Wildman–Crippen LogP) is 1.78. The van der Waals surface area contributed by atoms with Crippen molar-refractivity contribution in [3.63, 3.8) is 0 Å². The number of aromatic nitrogens is 2. The monoisotopic (exact) mass is 305 g/mol. The molecule has 0 atom stereocenters. The van der Waals surface area contributed by atoms with E-state index in [1.54, 1.807) is 16.8 Å². The van der Waals surface area contributed by atoms with Crippen molar-refractivity contribution in [2.45, 2.75) is 19.8 Å². The number of carboxylic acid groups (broad SMARTS) is 1. The lowest BCUT2D eigenvalue weighted by atomic mass is 10.2. The molecule has 0 fully saturated rings. The number of carboxylic acids is 1. The van der Waals surface area contributed by atoms with E-state index < -0.39 is 5.97 Å². The first-order chi connectivity index (χ1) is 10.5. The number of carbonyl (C=O) groups excluding carboxylic acids is 1. The second-order valence-corrected chi connectivity index (χ2v) is 4.65. The second kappa shape index (κ2) is 6.84. The molecule has 0 aliphatic rings. The number of rotatable bonds is 6. The average Bonchev–Trinajstić information content (AvgIpc) is 2.91. The molecule has 22 heavy (non-hydrogen) atoms. The van der Waals surface area contributed by atoms with Crippen LogP contribution in [0.3, 0.4) is 0 Å². The summed E-state index contributed by atoms with van der Waals surface area (Å²) in [6.07, 6.45) is 1.84. The van der Waals surface area contributed by atoms with Crippen molar-refractivity contribution >= 4 is 11.9 Å². The lowest BCUT2D eigenvalue weighted by Gasteiger charge is -2.08. The van der Waals surface area contributed by atoms with Gasteiger partial charge in [0.15, 0.2) is 0 Å². The molecule has 2 aromatic rings. The molecule has 1 amide bonds. The van der Waals surface area contributed by atoms with Gasteiger partial charge in [0.05, 0.1) is 29.6 Å². The van der Waals surface area contributed by atoms with Crippen LogP contribution in [0.2, 0.25) is 0 Å². The number of nitrogens with one attached hydrogen (secondary N) is 1. The van der Waals surface area contributed by atoms with Crippen molar-refractivity contribution in [1.82, 2.24) is 15.1 Å². The standard InChI is InChI=1S/C15H16FN3O3/c1-2-13-12(15(22)17-8-7-14(20)21)9-18-19(13)11-5-3-10(16)4-6-11/h3-6,9H,2,7-8H2,1H3,(H,17,22)(H,20,21). The number of halogens is 1. The maximum Gasteiger partial charge on any atom is 0.305 e. The molecule has 0 bridgehead atoms. The molecule has 0 unspecified atom stereocenters. The third-order valence-electron chi connectivity index (χ3n) is 3.14. The maximum atomic E-state index is 13.0. The van der Waals surface area contributed by atoms with Gasteiger partial charge in [-0.2, -0.15) is 5.10 Å². The molecule has 0 radical (unpaired) electrons. The molecule has 6 nitrogen and oxygen atoms in total. The number of hydrogen-bond acceptors (Lipinski definition) is 3. The molecule has 2 N–H and O–H groups in total. The van der Waals surface area contributed by atoms with Crippen molar-refractivity contribution in [2.75, 3.05) is 6.54 Å². The molecule has 2 rings (SSSR count). The van der Waals surface area contributed by atoms with Crippen LogP contribution in [-0.4, -0.2) is 33.3 Å². The molecule has 1 aromatic heterocycles. The SMILES string of the molecule is CCc1c(C(=O)NCCC(=O)O)cnn1-c1ccc(F)cc1. The van der Waals surface area contributed by atoms with Crippen molar-refractivity contribution in [3.05, 3.63) is 47.5 Å². The Labute approximate surface area is 126 Å². The van der Waals surface area contributed by atoms with Crippen LogP contribution < -0.4 is 5.32 Å². The highest BCUT2D eigenvalue weighted by atomic mass is 19.1. The van der Waals surface area contributed by atoms with Crippen LogP contribution in [-0.2, 0) is 11.2 Å². The van der Waals surface area contributed by atoms with Crippen molar-refractivity contribution in [3.8, 4) is 5.69 Å². The van der Waals surface area contributed by atoms with Gasteiger partial charge in [0.2, 0.25) is 0 Å². The molecule has 0 spiro atoms. The van der Waals surface area contributed by atoms with Gasteiger partial charge in [0.1, 0.15) is 5.82 Å². The number of amides is 1. The zero-order valence-corrected chi connectivity index (χ0v) is 12.0. The first kappa shape index (κ1) is 15.7. The minimum Gasteiger partial charge on any atom is -0.481 e. The first-order valence-corrected chi connectivity index (χ1v) is 6.85. The maximum absolute atomic E-state index is 13.0. The summed E-state index contributed by atoms with van der Waals surface area (Å²) in [5.41, 5.74) is 1.72. The third-order valence-corrected chi connectivity index (χ3v) is 3.14. The fourth-order valence-electron chi connectivity index (χ4n) is 2.09. The van der Waals surface area contributed by atoms with Crippen LogP contribution in [0.4, 0.5) is 4.39 Å². The van der Waals surface area contributed by atoms with E-state index >= 15 is 0 Å². The minimum absolute atomic E-state index is 0.0546. The van der Waals surface area contributed by atoms with E-state index in [0.717, 1.165) is 0 Å². The van der Waals surface area contributed by atoms with E-state index in [2.05, 4.69) is 10.4 Å². The van der Waals surface area contributed by atoms with Crippen molar-refractivity contribution in [2.24, 2.45) is 0 Å². The van der Waals surface area contributed by atoms with E-state index in [1.165, 1.54) is 18.3 Å². The molecular weight excluding hydrogens is 289 g/mol. The number of aliphatic carboxylic acids is 1. The van der Waals surface area contributed by atoms with Crippen LogP contribution in [0.5, 0.6) is 0 Å². The molecular formula is C15H16FN3O3. The predicted molar refractivity (Wildman–Crippen MR) is 77.5 cm³/mol. The van der Waals surface area contributed by atoms with Gasteiger partial charge >= 0.3 is 5.97 Å². The van der Waals surface area contributed by atoms with E-state index in [-0.39, 0.29) is 24.7 Å². The molecule has 7 heteroatoms. The Kier molecular flexibility index (Phi) is 4.88. The third kappa shape index (κ3) is 3.49. The minimum atomic E-state index is -0.974. The average molecular weight is 305 g/mol. The van der Waals surface area contributed by atoms with Gasteiger partial charge in [0, 0.05) is 6.54 Å². The van der Waals surface area contributed by atoms with Crippen LogP contribution in [0.25, 0.3) is 5.69 Å². The number of benzene rings is 1. The summed E-state index contributed by atoms with van der Waals surface area (Å²) >= 11 is 0. The number of carbonyl (C=O) groups is 2. The quantitative estimate of drug-likeness (QED) is 0.852. The summed E-state index contributed by atoms with van der Waals surface area (Å²) in [6, 6.07) is 5.80. The van der Waals surface area contributed by atoms with Gasteiger partial charge < -0.3 is 10.4 Å². The van der Waals surface area contributed by atoms with Gasteiger partial charge in [-0.25, -0.2) is 9.07 Å². The van der Waals surface area contributed by atoms with Crippen molar-refractivity contribution in [1.29, 1.82) is 0 Å². The van der Waals surface area contributed by atoms with Gasteiger partial charge in [-0.3, -0.25) is 9.59 Å². The number of hydrogen-bond donors (Lipinski definition) is 2. The van der Waals surface area contributed by atoms with E-state index in [0.29, 0.717) is 23.4 Å². The molecule has 116 valence electrons. The Morgan fingerprint density at radius 3 is 2.59 bits per heavy atom. The first-order valence-electron chi connectivity index (χ1n) is 6.85. The summed E-state index contributed by atoms with van der Waals surface area (Å²) in [7, 11) is 0. The summed E-state index contributed by atoms with van der Waals surface area (Å²) in [4.78, 5) is 22.5. The molecule has 0 saturated heterocycles. The molecule has 1 aromatic carbocycles. The molecule has 0 aliphatic heterocycles. The molecule has 0 saturated carbocycles. The zero-order valence-electron chi connectivity index (χ0n) is 12.0. The topological polar surface area (TPSA) is 84.2 Å². The number of nitrogens with zero attached hydrogens (tertiary/aromatic N) is 2. The lowest BCUT2D eigenvalue weighted by molar-refractivity contribution is -0.136. The summed E-state index contributed by atoms with van der Waals surface area (Å²) in [5, 5.41) is 15.3. The normalized spacial score (nSPS) is 10.5. The van der Waals surface area contributed by atoms with Gasteiger partial charge in [-0.15, -0.1) is 0 Å². The highest BCUT2D eigenvalue weighted by molar-refractivity contribution is 5.95. The largest absolute Gasteiger partial charge is 0.481 e. The van der Waals surface area contributed by atoms with Gasteiger partial charge in [0.25, 0.3) is 5.91 Å². The van der Waals surface area contributed by atoms with E-state index in [4.69, 9.17) is 5.11 Å². The zero-order chi connectivity index (χ0) is 16.1. The van der Waals surface area contributed by atoms with Crippen LogP contribution in [0.1, 0.15) is 29.4 Å². The summed E-state index contributed by atoms with van der Waals surface area (Å²) in [6.45, 7) is 1.93. The van der Waals surface area contributed by atoms with E-state index in [1.807, 2.05) is 6.92 Å². The smallest absolute Gasteiger partial charge is 0.305 e. The second-order valence-electron chi connectivity index (χ2n) is 4.65. The summed E-state index contributed by atoms with van der Waals surface area (Å²) < 4.78 is 14.6. The molecule has 1 heterocycles. The Morgan fingerprint density at radius 1 is 1.32 bits per heavy atom. The highest BCUT2D eigenvalue weighted by Gasteiger charge is 2.17. The van der Waals surface area contributed by atoms with Gasteiger partial charge in [-0.05, 0) is 30.7 Å². The fraction of sp³-hybridized carbons (Fsp3) is 0.267. The van der Waals surface area contributed by atoms with E-state index in [9.17, 15) is 14.0 Å². The van der Waals surface area contributed by atoms with Gasteiger partial charge in [-0.1, -0.05) is 6.92 Å². The Morgan fingerprint density at radius 2 is 2.00 bits per heavy atom. The lowest BCUT2D eigenvalue weighted by Crippen LogP contribution is -2.26. The van der Waals surface area contributed by atoms with Crippen LogP contribution in [0.15, 0.2) is 30.5 Å². The Balaban J connectivity index is 2.21. The van der Waals surface area contributed by atoms with Crippen molar-refractivity contribution < 1.29 is 19.1 Å². The highest BCUT2D eigenvalue weighted by Crippen LogP contribution is 2.16.